The van der Waals surface area contributed by atoms with E-state index in [4.69, 9.17) is 9.47 Å². The molecule has 2 heterocycles. The molecule has 0 saturated carbocycles. The van der Waals surface area contributed by atoms with Crippen LogP contribution in [0.5, 0.6) is 0 Å². The van der Waals surface area contributed by atoms with E-state index in [1.807, 2.05) is 13.8 Å². The molecule has 2 unspecified atom stereocenters. The van der Waals surface area contributed by atoms with E-state index in [9.17, 15) is 4.79 Å². The summed E-state index contributed by atoms with van der Waals surface area (Å²) in [5.41, 5.74) is 0. The van der Waals surface area contributed by atoms with Crippen LogP contribution in [0.4, 0.5) is 0 Å². The number of rotatable bonds is 4. The van der Waals surface area contributed by atoms with Crippen molar-refractivity contribution in [1.29, 1.82) is 0 Å². The van der Waals surface area contributed by atoms with E-state index in [1.165, 1.54) is 6.42 Å². The molecule has 2 aliphatic rings. The van der Waals surface area contributed by atoms with Gasteiger partial charge in [0.25, 0.3) is 0 Å². The zero-order chi connectivity index (χ0) is 12.3. The molecule has 2 atom stereocenters. The summed E-state index contributed by atoms with van der Waals surface area (Å²) in [7, 11) is 0. The number of hydrogen-bond donors (Lipinski definition) is 2. The predicted molar refractivity (Wildman–Crippen MR) is 63.6 cm³/mol. The van der Waals surface area contributed by atoms with Crippen LogP contribution < -0.4 is 10.6 Å². The Morgan fingerprint density at radius 3 is 2.94 bits per heavy atom. The topological polar surface area (TPSA) is 59.6 Å². The highest BCUT2D eigenvalue weighted by Crippen LogP contribution is 2.21. The second-order valence-corrected chi connectivity index (χ2v) is 5.25. The summed E-state index contributed by atoms with van der Waals surface area (Å²) in [6.45, 7) is 5.89. The van der Waals surface area contributed by atoms with Crippen molar-refractivity contribution in [3.05, 3.63) is 0 Å². The summed E-state index contributed by atoms with van der Waals surface area (Å²) in [6.07, 6.45) is 2.82. The Hall–Kier alpha value is -0.650. The van der Waals surface area contributed by atoms with Crippen LogP contribution in [0, 0.1) is 0 Å². The highest BCUT2D eigenvalue weighted by Gasteiger charge is 2.32. The molecule has 2 aliphatic heterocycles. The van der Waals surface area contributed by atoms with Gasteiger partial charge in [-0.2, -0.15) is 0 Å². The van der Waals surface area contributed by atoms with Crippen LogP contribution in [0.25, 0.3) is 0 Å². The standard InChI is InChI=1S/C12H22N2O3/c1-12(2)16-8-10(17-12)7-14-11(15)6-9-4-3-5-13-9/h9-10,13H,3-8H2,1-2H3,(H,14,15). The average molecular weight is 242 g/mol. The summed E-state index contributed by atoms with van der Waals surface area (Å²) in [6, 6.07) is 0.354. The van der Waals surface area contributed by atoms with E-state index in [0.29, 0.717) is 25.6 Å². The van der Waals surface area contributed by atoms with Crippen LogP contribution in [0.2, 0.25) is 0 Å². The molecular formula is C12H22N2O3. The first kappa shape index (κ1) is 12.8. The van der Waals surface area contributed by atoms with E-state index in [2.05, 4.69) is 10.6 Å². The third-order valence-corrected chi connectivity index (χ3v) is 3.19. The molecule has 17 heavy (non-hydrogen) atoms. The van der Waals surface area contributed by atoms with Crippen molar-refractivity contribution >= 4 is 5.91 Å². The van der Waals surface area contributed by atoms with Crippen LogP contribution in [0.15, 0.2) is 0 Å². The van der Waals surface area contributed by atoms with Crippen molar-refractivity contribution < 1.29 is 14.3 Å². The lowest BCUT2D eigenvalue weighted by Crippen LogP contribution is -2.37. The van der Waals surface area contributed by atoms with Crippen LogP contribution in [0.3, 0.4) is 0 Å². The summed E-state index contributed by atoms with van der Waals surface area (Å²) in [5.74, 6) is -0.416. The maximum absolute atomic E-state index is 11.7. The van der Waals surface area contributed by atoms with Crippen molar-refractivity contribution in [2.24, 2.45) is 0 Å². The fourth-order valence-corrected chi connectivity index (χ4v) is 2.32. The van der Waals surface area contributed by atoms with E-state index in [0.717, 1.165) is 13.0 Å². The zero-order valence-corrected chi connectivity index (χ0v) is 10.6. The van der Waals surface area contributed by atoms with Gasteiger partial charge in [0.05, 0.1) is 6.61 Å². The number of hydrogen-bond acceptors (Lipinski definition) is 4. The predicted octanol–water partition coefficient (Wildman–Crippen LogP) is 0.396. The second-order valence-electron chi connectivity index (χ2n) is 5.25. The average Bonchev–Trinajstić information content (AvgIpc) is 2.85. The molecule has 0 spiro atoms. The van der Waals surface area contributed by atoms with Crippen molar-refractivity contribution in [3.63, 3.8) is 0 Å². The molecule has 0 bridgehead atoms. The smallest absolute Gasteiger partial charge is 0.221 e. The van der Waals surface area contributed by atoms with Crippen molar-refractivity contribution in [2.75, 3.05) is 19.7 Å². The Bertz CT molecular complexity index is 275. The molecule has 98 valence electrons. The van der Waals surface area contributed by atoms with Gasteiger partial charge in [-0.25, -0.2) is 0 Å². The molecule has 2 fully saturated rings. The molecule has 0 aromatic carbocycles. The molecule has 5 nitrogen and oxygen atoms in total. The van der Waals surface area contributed by atoms with E-state index >= 15 is 0 Å². The SMILES string of the molecule is CC1(C)OCC(CNC(=O)CC2CCCN2)O1. The van der Waals surface area contributed by atoms with Gasteiger partial charge in [-0.15, -0.1) is 0 Å². The molecule has 2 saturated heterocycles. The van der Waals surface area contributed by atoms with Gasteiger partial charge in [0.2, 0.25) is 5.91 Å². The minimum Gasteiger partial charge on any atom is -0.353 e. The van der Waals surface area contributed by atoms with Gasteiger partial charge in [0, 0.05) is 19.0 Å². The Labute approximate surface area is 102 Å². The third kappa shape index (κ3) is 3.94. The van der Waals surface area contributed by atoms with Gasteiger partial charge in [0.15, 0.2) is 5.79 Å². The highest BCUT2D eigenvalue weighted by molar-refractivity contribution is 5.76. The molecular weight excluding hydrogens is 220 g/mol. The third-order valence-electron chi connectivity index (χ3n) is 3.19. The van der Waals surface area contributed by atoms with Crippen molar-refractivity contribution in [3.8, 4) is 0 Å². The lowest BCUT2D eigenvalue weighted by Gasteiger charge is -2.17. The molecule has 5 heteroatoms. The fourth-order valence-electron chi connectivity index (χ4n) is 2.32. The molecule has 0 aromatic heterocycles. The number of nitrogens with one attached hydrogen (secondary N) is 2. The van der Waals surface area contributed by atoms with Crippen LogP contribution in [-0.2, 0) is 14.3 Å². The van der Waals surface area contributed by atoms with Crippen LogP contribution in [-0.4, -0.2) is 43.5 Å². The maximum Gasteiger partial charge on any atom is 0.221 e. The number of amides is 1. The molecule has 1 amide bonds. The Kier molecular flexibility index (Phi) is 4.01. The maximum atomic E-state index is 11.7. The number of ether oxygens (including phenoxy) is 2. The summed E-state index contributed by atoms with van der Waals surface area (Å²) in [5, 5.41) is 6.22. The van der Waals surface area contributed by atoms with Crippen molar-refractivity contribution in [1.82, 2.24) is 10.6 Å². The lowest BCUT2D eigenvalue weighted by molar-refractivity contribution is -0.139. The minimum atomic E-state index is -0.512. The molecule has 0 aliphatic carbocycles. The first-order chi connectivity index (χ1) is 8.05. The Morgan fingerprint density at radius 2 is 2.35 bits per heavy atom. The first-order valence-electron chi connectivity index (χ1n) is 6.37. The Balaban J connectivity index is 1.63. The normalized spacial score (nSPS) is 31.6. The van der Waals surface area contributed by atoms with E-state index in [-0.39, 0.29) is 12.0 Å². The second kappa shape index (κ2) is 5.33. The largest absolute Gasteiger partial charge is 0.353 e. The summed E-state index contributed by atoms with van der Waals surface area (Å²) in [4.78, 5) is 11.7. The van der Waals surface area contributed by atoms with E-state index in [1.54, 1.807) is 0 Å². The number of carbonyl (C=O) groups excluding carboxylic acids is 1. The molecule has 0 radical (unpaired) electrons. The van der Waals surface area contributed by atoms with Gasteiger partial charge < -0.3 is 20.1 Å². The van der Waals surface area contributed by atoms with Gasteiger partial charge in [-0.05, 0) is 33.2 Å². The van der Waals surface area contributed by atoms with Gasteiger partial charge in [-0.3, -0.25) is 4.79 Å². The monoisotopic (exact) mass is 242 g/mol. The molecule has 2 N–H and O–H groups in total. The highest BCUT2D eigenvalue weighted by atomic mass is 16.7. The molecule has 2 rings (SSSR count). The van der Waals surface area contributed by atoms with E-state index < -0.39 is 5.79 Å². The van der Waals surface area contributed by atoms with Gasteiger partial charge in [-0.1, -0.05) is 0 Å². The summed E-state index contributed by atoms with van der Waals surface area (Å²) >= 11 is 0. The lowest BCUT2D eigenvalue weighted by atomic mass is 10.1. The fraction of sp³-hybridized carbons (Fsp3) is 0.917. The first-order valence-corrected chi connectivity index (χ1v) is 6.37. The van der Waals surface area contributed by atoms with Gasteiger partial charge in [0.1, 0.15) is 6.10 Å². The zero-order valence-electron chi connectivity index (χ0n) is 10.6. The Morgan fingerprint density at radius 1 is 1.53 bits per heavy atom. The summed E-state index contributed by atoms with van der Waals surface area (Å²) < 4.78 is 11.0. The quantitative estimate of drug-likeness (QED) is 0.749. The minimum absolute atomic E-state index is 0.0227. The molecule has 0 aromatic rings. The number of carbonyl (C=O) groups is 1. The van der Waals surface area contributed by atoms with Crippen molar-refractivity contribution in [2.45, 2.75) is 51.0 Å². The van der Waals surface area contributed by atoms with Gasteiger partial charge >= 0.3 is 0 Å². The van der Waals surface area contributed by atoms with Crippen LogP contribution >= 0.6 is 0 Å². The van der Waals surface area contributed by atoms with Crippen LogP contribution in [0.1, 0.15) is 33.1 Å².